The van der Waals surface area contributed by atoms with E-state index in [2.05, 4.69) is 39.7 Å². The van der Waals surface area contributed by atoms with Gasteiger partial charge in [0.2, 0.25) is 0 Å². The van der Waals surface area contributed by atoms with E-state index in [1.54, 1.807) is 24.5 Å². The Hall–Kier alpha value is -2.95. The number of nitrogens with one attached hydrogen (secondary N) is 1. The molecule has 0 aliphatic heterocycles. The van der Waals surface area contributed by atoms with E-state index in [1.807, 2.05) is 17.8 Å². The third-order valence-electron chi connectivity index (χ3n) is 4.77. The lowest BCUT2D eigenvalue weighted by Gasteiger charge is -2.27. The molecule has 0 saturated heterocycles. The summed E-state index contributed by atoms with van der Waals surface area (Å²) in [5, 5.41) is 7.60. The van der Waals surface area contributed by atoms with E-state index in [0.717, 1.165) is 30.6 Å². The van der Waals surface area contributed by atoms with Crippen LogP contribution in [0.4, 0.5) is 5.82 Å². The van der Waals surface area contributed by atoms with Crippen molar-refractivity contribution in [2.24, 2.45) is 0 Å². The molecule has 2 heterocycles. The summed E-state index contributed by atoms with van der Waals surface area (Å²) < 4.78 is 1.96. The van der Waals surface area contributed by atoms with Crippen LogP contribution in [0.5, 0.6) is 0 Å². The summed E-state index contributed by atoms with van der Waals surface area (Å²) in [7, 11) is 0. The lowest BCUT2D eigenvalue weighted by Crippen LogP contribution is -2.22. The van der Waals surface area contributed by atoms with Gasteiger partial charge in [-0.3, -0.25) is 9.78 Å². The van der Waals surface area contributed by atoms with Crippen molar-refractivity contribution >= 4 is 11.7 Å². The van der Waals surface area contributed by atoms with Gasteiger partial charge < -0.3 is 5.32 Å². The second-order valence-electron chi connectivity index (χ2n) is 6.42. The first kappa shape index (κ1) is 15.6. The van der Waals surface area contributed by atoms with Crippen LogP contribution in [0.2, 0.25) is 0 Å². The number of pyridine rings is 1. The molecule has 1 amide bonds. The van der Waals surface area contributed by atoms with Gasteiger partial charge in [-0.15, -0.1) is 0 Å². The van der Waals surface area contributed by atoms with Crippen LogP contribution in [0.3, 0.4) is 0 Å². The average Bonchev–Trinajstić information content (AvgIpc) is 3.02. The van der Waals surface area contributed by atoms with Crippen molar-refractivity contribution in [3.8, 4) is 0 Å². The summed E-state index contributed by atoms with van der Waals surface area (Å²) in [4.78, 5) is 16.6. The number of carbonyl (C=O) groups excluding carboxylic acids is 1. The summed E-state index contributed by atoms with van der Waals surface area (Å²) in [6.45, 7) is 1.97. The number of benzene rings is 1. The molecule has 25 heavy (non-hydrogen) atoms. The highest BCUT2D eigenvalue weighted by Gasteiger charge is 2.25. The van der Waals surface area contributed by atoms with Crippen LogP contribution in [0.15, 0.2) is 55.0 Å². The van der Waals surface area contributed by atoms with E-state index >= 15 is 0 Å². The molecule has 5 heteroatoms. The number of fused-ring (bicyclic) bond motifs is 1. The Balaban J connectivity index is 1.68. The van der Waals surface area contributed by atoms with Gasteiger partial charge in [-0.25, -0.2) is 4.68 Å². The van der Waals surface area contributed by atoms with Gasteiger partial charge in [0.25, 0.3) is 5.91 Å². The first-order chi connectivity index (χ1) is 12.2. The molecule has 1 aromatic carbocycles. The molecule has 1 N–H and O–H groups in total. The predicted octanol–water partition coefficient (Wildman–Crippen LogP) is 3.76. The van der Waals surface area contributed by atoms with Crippen molar-refractivity contribution in [3.05, 3.63) is 77.2 Å². The molecule has 0 fully saturated rings. The second-order valence-corrected chi connectivity index (χ2v) is 6.42. The quantitative estimate of drug-likeness (QED) is 0.794. The molecule has 0 spiro atoms. The smallest absolute Gasteiger partial charge is 0.258 e. The first-order valence-corrected chi connectivity index (χ1v) is 8.57. The zero-order valence-corrected chi connectivity index (χ0v) is 14.1. The van der Waals surface area contributed by atoms with Gasteiger partial charge >= 0.3 is 0 Å². The lowest BCUT2D eigenvalue weighted by molar-refractivity contribution is 0.102. The van der Waals surface area contributed by atoms with Gasteiger partial charge in [0.15, 0.2) is 0 Å². The molecule has 0 bridgehead atoms. The standard InChI is InChI=1S/C20H20N4O/c1-14-12-22-24(18-10-4-7-15-6-2-3-9-17(15)18)19(14)23-20(25)16-8-5-11-21-13-16/h2-3,5-6,8-9,11-13,18H,4,7,10H2,1H3,(H,23,25)/t18-/m0/s1. The molecule has 2 aromatic heterocycles. The number of amides is 1. The van der Waals surface area contributed by atoms with Crippen LogP contribution < -0.4 is 5.32 Å². The molecule has 5 nitrogen and oxygen atoms in total. The fraction of sp³-hybridized carbons (Fsp3) is 0.250. The molecule has 0 radical (unpaired) electrons. The number of rotatable bonds is 3. The zero-order chi connectivity index (χ0) is 17.2. The summed E-state index contributed by atoms with van der Waals surface area (Å²) >= 11 is 0. The Bertz CT molecular complexity index is 901. The molecule has 4 rings (SSSR count). The van der Waals surface area contributed by atoms with E-state index in [9.17, 15) is 4.79 Å². The number of carbonyl (C=O) groups is 1. The molecule has 0 unspecified atom stereocenters. The molecular formula is C20H20N4O. The Morgan fingerprint density at radius 2 is 2.08 bits per heavy atom. The number of aromatic nitrogens is 3. The topological polar surface area (TPSA) is 59.8 Å². The van der Waals surface area contributed by atoms with Crippen molar-refractivity contribution < 1.29 is 4.79 Å². The normalized spacial score (nSPS) is 16.3. The van der Waals surface area contributed by atoms with Crippen molar-refractivity contribution in [3.63, 3.8) is 0 Å². The van der Waals surface area contributed by atoms with Crippen LogP contribution in [-0.4, -0.2) is 20.7 Å². The number of nitrogens with zero attached hydrogens (tertiary/aromatic N) is 3. The largest absolute Gasteiger partial charge is 0.306 e. The maximum Gasteiger partial charge on any atom is 0.258 e. The van der Waals surface area contributed by atoms with E-state index in [0.29, 0.717) is 5.56 Å². The molecule has 1 atom stereocenters. The van der Waals surface area contributed by atoms with Gasteiger partial charge in [-0.2, -0.15) is 5.10 Å². The number of anilines is 1. The Kier molecular flexibility index (Phi) is 4.06. The van der Waals surface area contributed by atoms with Crippen molar-refractivity contribution in [1.29, 1.82) is 0 Å². The highest BCUT2D eigenvalue weighted by atomic mass is 16.1. The third-order valence-corrected chi connectivity index (χ3v) is 4.77. The molecule has 1 aliphatic carbocycles. The fourth-order valence-electron chi connectivity index (χ4n) is 3.50. The molecule has 0 saturated carbocycles. The Morgan fingerprint density at radius 3 is 2.92 bits per heavy atom. The molecular weight excluding hydrogens is 312 g/mol. The predicted molar refractivity (Wildman–Crippen MR) is 96.7 cm³/mol. The first-order valence-electron chi connectivity index (χ1n) is 8.57. The van der Waals surface area contributed by atoms with Crippen LogP contribution in [-0.2, 0) is 6.42 Å². The zero-order valence-electron chi connectivity index (χ0n) is 14.1. The van der Waals surface area contributed by atoms with Crippen LogP contribution >= 0.6 is 0 Å². The van der Waals surface area contributed by atoms with Gasteiger partial charge in [0.05, 0.1) is 17.8 Å². The van der Waals surface area contributed by atoms with E-state index < -0.39 is 0 Å². The molecule has 3 aromatic rings. The monoisotopic (exact) mass is 332 g/mol. The molecule has 1 aliphatic rings. The lowest BCUT2D eigenvalue weighted by atomic mass is 9.88. The van der Waals surface area contributed by atoms with E-state index in [4.69, 9.17) is 0 Å². The van der Waals surface area contributed by atoms with Gasteiger partial charge in [-0.05, 0) is 49.4 Å². The van der Waals surface area contributed by atoms with Crippen molar-refractivity contribution in [1.82, 2.24) is 14.8 Å². The fourth-order valence-corrected chi connectivity index (χ4v) is 3.50. The summed E-state index contributed by atoms with van der Waals surface area (Å²) in [6, 6.07) is 12.2. The highest BCUT2D eigenvalue weighted by molar-refractivity contribution is 6.03. The van der Waals surface area contributed by atoms with Gasteiger partial charge in [0.1, 0.15) is 5.82 Å². The van der Waals surface area contributed by atoms with Crippen LogP contribution in [0, 0.1) is 6.92 Å². The second kappa shape index (κ2) is 6.51. The van der Waals surface area contributed by atoms with Crippen LogP contribution in [0.1, 0.15) is 45.9 Å². The van der Waals surface area contributed by atoms with Crippen molar-refractivity contribution in [2.75, 3.05) is 5.32 Å². The minimum atomic E-state index is -0.165. The van der Waals surface area contributed by atoms with E-state index in [1.165, 1.54) is 11.1 Å². The van der Waals surface area contributed by atoms with E-state index in [-0.39, 0.29) is 11.9 Å². The van der Waals surface area contributed by atoms with Gasteiger partial charge in [0, 0.05) is 18.0 Å². The minimum Gasteiger partial charge on any atom is -0.306 e. The summed E-state index contributed by atoms with van der Waals surface area (Å²) in [5.41, 5.74) is 4.17. The van der Waals surface area contributed by atoms with Gasteiger partial charge in [-0.1, -0.05) is 24.3 Å². The Morgan fingerprint density at radius 1 is 1.20 bits per heavy atom. The average molecular weight is 332 g/mol. The minimum absolute atomic E-state index is 0.155. The van der Waals surface area contributed by atoms with Crippen molar-refractivity contribution in [2.45, 2.75) is 32.2 Å². The maximum absolute atomic E-state index is 12.6. The third kappa shape index (κ3) is 2.93. The maximum atomic E-state index is 12.6. The van der Waals surface area contributed by atoms with Crippen LogP contribution in [0.25, 0.3) is 0 Å². The number of aryl methyl sites for hydroxylation is 2. The molecule has 126 valence electrons. The Labute approximate surface area is 146 Å². The summed E-state index contributed by atoms with van der Waals surface area (Å²) in [6.07, 6.45) is 8.29. The number of hydrogen-bond donors (Lipinski definition) is 1. The number of hydrogen-bond acceptors (Lipinski definition) is 3. The summed E-state index contributed by atoms with van der Waals surface area (Å²) in [5.74, 6) is 0.595. The SMILES string of the molecule is Cc1cnn([C@H]2CCCc3ccccc32)c1NC(=O)c1cccnc1. The highest BCUT2D eigenvalue weighted by Crippen LogP contribution is 2.35.